The van der Waals surface area contributed by atoms with Gasteiger partial charge in [-0.3, -0.25) is 9.59 Å². The Balaban J connectivity index is 1.75. The normalized spacial score (nSPS) is 15.1. The smallest absolute Gasteiger partial charge is 0.261 e. The van der Waals surface area contributed by atoms with Gasteiger partial charge in [0.2, 0.25) is 5.91 Å². The molecule has 1 aliphatic rings. The van der Waals surface area contributed by atoms with Gasteiger partial charge in [0.05, 0.1) is 0 Å². The van der Waals surface area contributed by atoms with Crippen LogP contribution in [0, 0.1) is 13.8 Å². The maximum absolute atomic E-state index is 13.3. The van der Waals surface area contributed by atoms with Gasteiger partial charge in [0.25, 0.3) is 5.91 Å². The number of carbonyl (C=O) groups is 2. The van der Waals surface area contributed by atoms with Crippen LogP contribution in [0.5, 0.6) is 5.75 Å². The third-order valence-electron chi connectivity index (χ3n) is 6.16. The molecule has 0 radical (unpaired) electrons. The second-order valence-corrected chi connectivity index (χ2v) is 9.68. The van der Waals surface area contributed by atoms with E-state index in [1.54, 1.807) is 25.1 Å². The van der Waals surface area contributed by atoms with Gasteiger partial charge in [-0.15, -0.1) is 0 Å². The summed E-state index contributed by atoms with van der Waals surface area (Å²) < 4.78 is 5.82. The Labute approximate surface area is 206 Å². The van der Waals surface area contributed by atoms with E-state index in [-0.39, 0.29) is 31.0 Å². The highest BCUT2D eigenvalue weighted by Gasteiger charge is 2.29. The van der Waals surface area contributed by atoms with Gasteiger partial charge in [0.1, 0.15) is 11.8 Å². The second kappa shape index (κ2) is 11.8. The van der Waals surface area contributed by atoms with Crippen molar-refractivity contribution in [2.24, 2.45) is 0 Å². The summed E-state index contributed by atoms with van der Waals surface area (Å²) in [4.78, 5) is 27.8. The van der Waals surface area contributed by atoms with Gasteiger partial charge in [0, 0.05) is 22.6 Å². The Kier molecular flexibility index (Phi) is 9.04. The Morgan fingerprint density at radius 3 is 2.48 bits per heavy atom. The monoisotopic (exact) mass is 490 g/mol. The molecule has 5 nitrogen and oxygen atoms in total. The van der Waals surface area contributed by atoms with Gasteiger partial charge >= 0.3 is 0 Å². The van der Waals surface area contributed by atoms with Crippen molar-refractivity contribution in [3.8, 4) is 5.75 Å². The van der Waals surface area contributed by atoms with E-state index in [0.29, 0.717) is 15.8 Å². The molecule has 1 saturated carbocycles. The van der Waals surface area contributed by atoms with Gasteiger partial charge in [-0.05, 0) is 62.9 Å². The van der Waals surface area contributed by atoms with Crippen molar-refractivity contribution in [3.63, 3.8) is 0 Å². The van der Waals surface area contributed by atoms with Crippen molar-refractivity contribution in [3.05, 3.63) is 63.1 Å². The van der Waals surface area contributed by atoms with Crippen molar-refractivity contribution in [2.75, 3.05) is 6.61 Å². The topological polar surface area (TPSA) is 58.6 Å². The van der Waals surface area contributed by atoms with Gasteiger partial charge in [-0.2, -0.15) is 0 Å². The predicted molar refractivity (Wildman–Crippen MR) is 133 cm³/mol. The van der Waals surface area contributed by atoms with Gasteiger partial charge < -0.3 is 15.0 Å². The number of amides is 2. The number of aryl methyl sites for hydroxylation is 2. The largest absolute Gasteiger partial charge is 0.483 e. The van der Waals surface area contributed by atoms with E-state index in [1.165, 1.54) is 11.3 Å². The van der Waals surface area contributed by atoms with Crippen LogP contribution in [-0.4, -0.2) is 35.4 Å². The molecule has 0 bridgehead atoms. The predicted octanol–water partition coefficient (Wildman–Crippen LogP) is 5.86. The van der Waals surface area contributed by atoms with Crippen LogP contribution in [0.2, 0.25) is 10.0 Å². The minimum absolute atomic E-state index is 0.160. The third kappa shape index (κ3) is 7.12. The fourth-order valence-electron chi connectivity index (χ4n) is 4.17. The first-order valence-electron chi connectivity index (χ1n) is 11.5. The lowest BCUT2D eigenvalue weighted by Crippen LogP contribution is -2.51. The van der Waals surface area contributed by atoms with Crippen molar-refractivity contribution in [1.82, 2.24) is 10.2 Å². The maximum Gasteiger partial charge on any atom is 0.261 e. The molecule has 1 atom stereocenters. The number of rotatable bonds is 8. The van der Waals surface area contributed by atoms with E-state index in [9.17, 15) is 9.59 Å². The summed E-state index contributed by atoms with van der Waals surface area (Å²) in [5.74, 6) is 0.205. The number of nitrogens with zero attached hydrogens (tertiary/aromatic N) is 1. The van der Waals surface area contributed by atoms with Crippen LogP contribution in [-0.2, 0) is 16.1 Å². The molecule has 1 fully saturated rings. The number of nitrogens with one attached hydrogen (secondary N) is 1. The van der Waals surface area contributed by atoms with E-state index >= 15 is 0 Å². The molecule has 7 heteroatoms. The zero-order chi connectivity index (χ0) is 24.0. The molecule has 33 heavy (non-hydrogen) atoms. The molecule has 0 aromatic heterocycles. The zero-order valence-electron chi connectivity index (χ0n) is 19.5. The highest BCUT2D eigenvalue weighted by Crippen LogP contribution is 2.24. The van der Waals surface area contributed by atoms with Crippen molar-refractivity contribution < 1.29 is 14.3 Å². The van der Waals surface area contributed by atoms with Crippen molar-refractivity contribution in [2.45, 2.75) is 71.5 Å². The number of ether oxygens (including phenoxy) is 1. The first-order chi connectivity index (χ1) is 15.7. The Morgan fingerprint density at radius 2 is 1.82 bits per heavy atom. The summed E-state index contributed by atoms with van der Waals surface area (Å²) in [6, 6.07) is 10.4. The Morgan fingerprint density at radius 1 is 1.09 bits per heavy atom. The first kappa shape index (κ1) is 25.4. The van der Waals surface area contributed by atoms with Crippen LogP contribution in [0.3, 0.4) is 0 Å². The summed E-state index contributed by atoms with van der Waals surface area (Å²) in [5.41, 5.74) is 2.80. The van der Waals surface area contributed by atoms with Crippen LogP contribution in [0.15, 0.2) is 36.4 Å². The van der Waals surface area contributed by atoms with Crippen LogP contribution in [0.4, 0.5) is 0 Å². The number of carbonyl (C=O) groups excluding carboxylic acids is 2. The lowest BCUT2D eigenvalue weighted by Gasteiger charge is -2.31. The lowest BCUT2D eigenvalue weighted by molar-refractivity contribution is -0.142. The Hall–Kier alpha value is -2.24. The maximum atomic E-state index is 13.3. The molecule has 3 rings (SSSR count). The van der Waals surface area contributed by atoms with E-state index in [0.717, 1.165) is 42.4 Å². The molecule has 0 aliphatic heterocycles. The zero-order valence-corrected chi connectivity index (χ0v) is 21.0. The van der Waals surface area contributed by atoms with Crippen molar-refractivity contribution >= 4 is 35.0 Å². The molecule has 1 aliphatic carbocycles. The van der Waals surface area contributed by atoms with Gasteiger partial charge in [-0.25, -0.2) is 0 Å². The van der Waals surface area contributed by atoms with E-state index in [2.05, 4.69) is 5.32 Å². The molecule has 178 valence electrons. The first-order valence-corrected chi connectivity index (χ1v) is 12.2. The lowest BCUT2D eigenvalue weighted by atomic mass is 9.95. The van der Waals surface area contributed by atoms with E-state index in [4.69, 9.17) is 27.9 Å². The van der Waals surface area contributed by atoms with Crippen LogP contribution in [0.1, 0.15) is 55.7 Å². The van der Waals surface area contributed by atoms with Crippen LogP contribution >= 0.6 is 23.2 Å². The highest BCUT2D eigenvalue weighted by atomic mass is 35.5. The molecular formula is C26H32Cl2N2O3. The quantitative estimate of drug-likeness (QED) is 0.504. The molecule has 0 heterocycles. The molecule has 1 unspecified atom stereocenters. The molecule has 2 aromatic rings. The minimum Gasteiger partial charge on any atom is -0.483 e. The summed E-state index contributed by atoms with van der Waals surface area (Å²) in [6.07, 6.45) is 5.39. The standard InChI is InChI=1S/C26H32Cl2N2O3/c1-17-9-12-24(18(2)13-17)33-16-25(31)30(15-20-10-11-21(27)14-23(20)28)19(3)26(32)29-22-7-5-4-6-8-22/h9-14,19,22H,4-8,15-16H2,1-3H3,(H,29,32). The Bertz CT molecular complexity index is 989. The molecule has 0 saturated heterocycles. The number of hydrogen-bond donors (Lipinski definition) is 1. The summed E-state index contributed by atoms with van der Waals surface area (Å²) in [7, 11) is 0. The molecule has 0 spiro atoms. The summed E-state index contributed by atoms with van der Waals surface area (Å²) in [5, 5.41) is 4.10. The average molecular weight is 491 g/mol. The number of hydrogen-bond acceptors (Lipinski definition) is 3. The minimum atomic E-state index is -0.672. The van der Waals surface area contributed by atoms with Crippen LogP contribution < -0.4 is 10.1 Å². The second-order valence-electron chi connectivity index (χ2n) is 8.83. The third-order valence-corrected chi connectivity index (χ3v) is 6.74. The molecule has 2 aromatic carbocycles. The SMILES string of the molecule is Cc1ccc(OCC(=O)N(Cc2ccc(Cl)cc2Cl)C(C)C(=O)NC2CCCCC2)c(C)c1. The molecule has 2 amide bonds. The highest BCUT2D eigenvalue weighted by molar-refractivity contribution is 6.35. The van der Waals surface area contributed by atoms with E-state index in [1.807, 2.05) is 32.0 Å². The van der Waals surface area contributed by atoms with E-state index < -0.39 is 6.04 Å². The fraction of sp³-hybridized carbons (Fsp3) is 0.462. The average Bonchev–Trinajstić information content (AvgIpc) is 2.78. The number of halogens is 2. The van der Waals surface area contributed by atoms with Crippen LogP contribution in [0.25, 0.3) is 0 Å². The number of benzene rings is 2. The van der Waals surface area contributed by atoms with Gasteiger partial charge in [-0.1, -0.05) is 66.2 Å². The molecular weight excluding hydrogens is 459 g/mol. The van der Waals surface area contributed by atoms with Crippen molar-refractivity contribution in [1.29, 1.82) is 0 Å². The summed E-state index contributed by atoms with van der Waals surface area (Å²) >= 11 is 12.4. The summed E-state index contributed by atoms with van der Waals surface area (Å²) in [6.45, 7) is 5.71. The fourth-order valence-corrected chi connectivity index (χ4v) is 4.64. The van der Waals surface area contributed by atoms with Gasteiger partial charge in [0.15, 0.2) is 6.61 Å². The molecule has 1 N–H and O–H groups in total.